The van der Waals surface area contributed by atoms with Crippen LogP contribution in [0.3, 0.4) is 0 Å². The van der Waals surface area contributed by atoms with Gasteiger partial charge in [-0.3, -0.25) is 9.89 Å². The fourth-order valence-electron chi connectivity index (χ4n) is 2.60. The molecule has 1 fully saturated rings. The van der Waals surface area contributed by atoms with Crippen molar-refractivity contribution < 1.29 is 4.79 Å². The number of thiazole rings is 1. The van der Waals surface area contributed by atoms with Crippen molar-refractivity contribution >= 4 is 17.2 Å². The molecule has 1 atom stereocenters. The Morgan fingerprint density at radius 3 is 3.00 bits per heavy atom. The van der Waals surface area contributed by atoms with Gasteiger partial charge in [-0.25, -0.2) is 4.98 Å². The molecule has 1 N–H and O–H groups in total. The molecule has 1 amide bonds. The van der Waals surface area contributed by atoms with Crippen LogP contribution >= 0.6 is 11.3 Å². The maximum atomic E-state index is 12.4. The van der Waals surface area contributed by atoms with Gasteiger partial charge in [-0.15, -0.1) is 11.3 Å². The molecule has 1 saturated heterocycles. The van der Waals surface area contributed by atoms with Crippen LogP contribution in [0.25, 0.3) is 0 Å². The van der Waals surface area contributed by atoms with Crippen molar-refractivity contribution in [2.24, 2.45) is 0 Å². The Morgan fingerprint density at radius 1 is 1.53 bits per heavy atom. The van der Waals surface area contributed by atoms with Crippen LogP contribution in [0.4, 0.5) is 0 Å². The molecule has 0 aromatic carbocycles. The molecule has 19 heavy (non-hydrogen) atoms. The Bertz CT molecular complexity index is 603. The number of H-pyrrole nitrogens is 1. The van der Waals surface area contributed by atoms with Gasteiger partial charge in [0.1, 0.15) is 4.88 Å². The first-order valence-electron chi connectivity index (χ1n) is 6.36. The topological polar surface area (TPSA) is 61.9 Å². The minimum atomic E-state index is 0.111. The van der Waals surface area contributed by atoms with Gasteiger partial charge in [0.25, 0.3) is 5.91 Å². The van der Waals surface area contributed by atoms with Gasteiger partial charge in [-0.05, 0) is 25.8 Å². The summed E-state index contributed by atoms with van der Waals surface area (Å²) < 4.78 is 0. The molecule has 5 nitrogen and oxygen atoms in total. The Labute approximate surface area is 115 Å². The number of carbonyl (C=O) groups excluding carboxylic acids is 1. The number of amides is 1. The molecule has 2 aromatic rings. The van der Waals surface area contributed by atoms with E-state index in [0.717, 1.165) is 35.8 Å². The number of nitrogens with one attached hydrogen (secondary N) is 1. The number of likely N-dealkylation sites (tertiary alicyclic amines) is 1. The summed E-state index contributed by atoms with van der Waals surface area (Å²) in [5.74, 6) is 0.486. The third kappa shape index (κ3) is 2.16. The average molecular weight is 276 g/mol. The fraction of sp³-hybridized carbons (Fsp3) is 0.462. The molecule has 1 aliphatic rings. The van der Waals surface area contributed by atoms with E-state index < -0.39 is 0 Å². The first kappa shape index (κ1) is 12.3. The monoisotopic (exact) mass is 276 g/mol. The molecule has 1 unspecified atom stereocenters. The van der Waals surface area contributed by atoms with Crippen molar-refractivity contribution in [3.05, 3.63) is 33.5 Å². The van der Waals surface area contributed by atoms with E-state index in [0.29, 0.717) is 5.92 Å². The molecule has 3 rings (SSSR count). The van der Waals surface area contributed by atoms with Crippen molar-refractivity contribution in [3.8, 4) is 0 Å². The first-order valence-corrected chi connectivity index (χ1v) is 7.24. The first-order chi connectivity index (χ1) is 9.16. The van der Waals surface area contributed by atoms with Crippen LogP contribution in [-0.4, -0.2) is 39.1 Å². The molecule has 0 aliphatic carbocycles. The van der Waals surface area contributed by atoms with Gasteiger partial charge >= 0.3 is 0 Å². The van der Waals surface area contributed by atoms with Crippen molar-refractivity contribution in [2.75, 3.05) is 13.1 Å². The zero-order valence-electron chi connectivity index (χ0n) is 11.0. The number of aromatic amines is 1. The Balaban J connectivity index is 1.75. The number of nitrogens with zero attached hydrogens (tertiary/aromatic N) is 3. The highest BCUT2D eigenvalue weighted by Crippen LogP contribution is 2.29. The molecule has 3 heterocycles. The van der Waals surface area contributed by atoms with Crippen LogP contribution in [0.1, 0.15) is 39.0 Å². The molecular weight excluding hydrogens is 260 g/mol. The largest absolute Gasteiger partial charge is 0.337 e. The molecule has 1 aliphatic heterocycles. The molecule has 100 valence electrons. The van der Waals surface area contributed by atoms with Crippen LogP contribution in [-0.2, 0) is 0 Å². The van der Waals surface area contributed by atoms with Crippen molar-refractivity contribution in [1.29, 1.82) is 0 Å². The number of carbonyl (C=O) groups is 1. The highest BCUT2D eigenvalue weighted by molar-refractivity contribution is 7.11. The van der Waals surface area contributed by atoms with Crippen LogP contribution in [0.2, 0.25) is 0 Å². The second-order valence-corrected chi connectivity index (χ2v) is 5.83. The van der Waals surface area contributed by atoms with Crippen LogP contribution in [0.5, 0.6) is 0 Å². The lowest BCUT2D eigenvalue weighted by Gasteiger charge is -2.15. The number of hydrogen-bond acceptors (Lipinski definition) is 4. The van der Waals surface area contributed by atoms with Crippen LogP contribution < -0.4 is 0 Å². The third-order valence-electron chi connectivity index (χ3n) is 3.69. The van der Waals surface area contributed by atoms with E-state index in [4.69, 9.17) is 0 Å². The Kier molecular flexibility index (Phi) is 3.10. The van der Waals surface area contributed by atoms with E-state index in [1.807, 2.05) is 18.0 Å². The summed E-state index contributed by atoms with van der Waals surface area (Å²) in [5, 5.41) is 7.12. The van der Waals surface area contributed by atoms with Gasteiger partial charge < -0.3 is 4.90 Å². The van der Waals surface area contributed by atoms with Gasteiger partial charge in [0.15, 0.2) is 0 Å². The lowest BCUT2D eigenvalue weighted by molar-refractivity contribution is 0.0794. The molecular formula is C13H16N4OS. The third-order valence-corrected chi connectivity index (χ3v) is 4.61. The predicted molar refractivity (Wildman–Crippen MR) is 73.4 cm³/mol. The summed E-state index contributed by atoms with van der Waals surface area (Å²) in [6.07, 6.45) is 2.83. The van der Waals surface area contributed by atoms with E-state index in [1.165, 1.54) is 16.9 Å². The number of rotatable bonds is 2. The van der Waals surface area contributed by atoms with E-state index in [2.05, 4.69) is 22.1 Å². The van der Waals surface area contributed by atoms with E-state index >= 15 is 0 Å². The second-order valence-electron chi connectivity index (χ2n) is 4.97. The van der Waals surface area contributed by atoms with Crippen molar-refractivity contribution in [1.82, 2.24) is 20.1 Å². The number of hydrogen-bond donors (Lipinski definition) is 1. The molecule has 0 saturated carbocycles. The quantitative estimate of drug-likeness (QED) is 0.914. The van der Waals surface area contributed by atoms with Gasteiger partial charge in [0.05, 0.1) is 17.4 Å². The SMILES string of the molecule is Cc1cn[nH]c1C1CCN(C(=O)c2scnc2C)C1. The minimum absolute atomic E-state index is 0.111. The van der Waals surface area contributed by atoms with E-state index in [1.54, 1.807) is 5.51 Å². The zero-order valence-corrected chi connectivity index (χ0v) is 11.8. The fourth-order valence-corrected chi connectivity index (χ4v) is 3.37. The Morgan fingerprint density at radius 2 is 2.37 bits per heavy atom. The predicted octanol–water partition coefficient (Wildman–Crippen LogP) is 2.11. The molecule has 2 aromatic heterocycles. The molecule has 0 bridgehead atoms. The van der Waals surface area contributed by atoms with Gasteiger partial charge in [-0.1, -0.05) is 0 Å². The van der Waals surface area contributed by atoms with Gasteiger partial charge in [0.2, 0.25) is 0 Å². The van der Waals surface area contributed by atoms with Crippen LogP contribution in [0.15, 0.2) is 11.7 Å². The lowest BCUT2D eigenvalue weighted by Crippen LogP contribution is -2.28. The van der Waals surface area contributed by atoms with E-state index in [9.17, 15) is 4.79 Å². The van der Waals surface area contributed by atoms with E-state index in [-0.39, 0.29) is 5.91 Å². The summed E-state index contributed by atoms with van der Waals surface area (Å²) >= 11 is 1.42. The molecule has 0 spiro atoms. The Hall–Kier alpha value is -1.69. The highest BCUT2D eigenvalue weighted by atomic mass is 32.1. The molecule has 0 radical (unpaired) electrons. The van der Waals surface area contributed by atoms with Crippen molar-refractivity contribution in [2.45, 2.75) is 26.2 Å². The summed E-state index contributed by atoms with van der Waals surface area (Å²) in [6, 6.07) is 0. The normalized spacial score (nSPS) is 19.1. The minimum Gasteiger partial charge on any atom is -0.337 e. The smallest absolute Gasteiger partial charge is 0.265 e. The zero-order chi connectivity index (χ0) is 13.4. The lowest BCUT2D eigenvalue weighted by atomic mass is 10.0. The molecule has 6 heteroatoms. The number of aromatic nitrogens is 3. The maximum absolute atomic E-state index is 12.4. The standard InChI is InChI=1S/C13H16N4OS/c1-8-5-15-16-11(8)10-3-4-17(6-10)13(18)12-9(2)14-7-19-12/h5,7,10H,3-4,6H2,1-2H3,(H,15,16). The highest BCUT2D eigenvalue weighted by Gasteiger charge is 2.30. The summed E-state index contributed by atoms with van der Waals surface area (Å²) in [4.78, 5) is 19.2. The summed E-state index contributed by atoms with van der Waals surface area (Å²) in [5.41, 5.74) is 4.90. The van der Waals surface area contributed by atoms with Gasteiger partial charge in [0, 0.05) is 24.7 Å². The van der Waals surface area contributed by atoms with Crippen molar-refractivity contribution in [3.63, 3.8) is 0 Å². The maximum Gasteiger partial charge on any atom is 0.265 e. The summed E-state index contributed by atoms with van der Waals surface area (Å²) in [7, 11) is 0. The second kappa shape index (κ2) is 4.77. The summed E-state index contributed by atoms with van der Waals surface area (Å²) in [6.45, 7) is 5.51. The van der Waals surface area contributed by atoms with Gasteiger partial charge in [-0.2, -0.15) is 5.10 Å². The average Bonchev–Trinajstić information content (AvgIpc) is 3.08. The number of aryl methyl sites for hydroxylation is 2. The van der Waals surface area contributed by atoms with Crippen LogP contribution in [0, 0.1) is 13.8 Å².